The molecule has 3 rings (SSSR count). The maximum Gasteiger partial charge on any atom is 0.311 e. The Bertz CT molecular complexity index is 519. The molecule has 6 heteroatoms. The van der Waals surface area contributed by atoms with Gasteiger partial charge in [0.1, 0.15) is 5.15 Å². The van der Waals surface area contributed by atoms with Gasteiger partial charge >= 0.3 is 5.69 Å². The van der Waals surface area contributed by atoms with Gasteiger partial charge < -0.3 is 4.90 Å². The zero-order valence-electron chi connectivity index (χ0n) is 11.3. The summed E-state index contributed by atoms with van der Waals surface area (Å²) in [6.45, 7) is 1.68. The Hall–Kier alpha value is -1.36. The van der Waals surface area contributed by atoms with Crippen LogP contribution in [-0.2, 0) is 0 Å². The normalized spacial score (nSPS) is 21.4. The van der Waals surface area contributed by atoms with Crippen LogP contribution in [0.4, 0.5) is 11.5 Å². The predicted octanol–water partition coefficient (Wildman–Crippen LogP) is 3.80. The zero-order valence-corrected chi connectivity index (χ0v) is 12.1. The quantitative estimate of drug-likeness (QED) is 0.473. The van der Waals surface area contributed by atoms with Gasteiger partial charge in [-0.1, -0.05) is 24.4 Å². The van der Waals surface area contributed by atoms with Crippen LogP contribution in [-0.4, -0.2) is 23.0 Å². The van der Waals surface area contributed by atoms with Crippen LogP contribution in [0.25, 0.3) is 0 Å². The van der Waals surface area contributed by atoms with Crippen molar-refractivity contribution >= 4 is 23.1 Å². The third-order valence-electron chi connectivity index (χ3n) is 4.81. The Morgan fingerprint density at radius 1 is 1.20 bits per heavy atom. The van der Waals surface area contributed by atoms with E-state index in [-0.39, 0.29) is 10.6 Å². The Kier molecular flexibility index (Phi) is 3.54. The van der Waals surface area contributed by atoms with Crippen LogP contribution in [0.3, 0.4) is 0 Å². The van der Waals surface area contributed by atoms with Gasteiger partial charge in [-0.2, -0.15) is 0 Å². The maximum atomic E-state index is 11.1. The SMILES string of the molecule is O=[N+]([O-])c1ccc(Cl)nc1N1CCC2(CCCC2)CC1. The summed E-state index contributed by atoms with van der Waals surface area (Å²) in [6, 6.07) is 2.93. The van der Waals surface area contributed by atoms with E-state index in [2.05, 4.69) is 4.98 Å². The zero-order chi connectivity index (χ0) is 14.2. The summed E-state index contributed by atoms with van der Waals surface area (Å²) in [5.74, 6) is 0.426. The van der Waals surface area contributed by atoms with Crippen molar-refractivity contribution < 1.29 is 4.92 Å². The maximum absolute atomic E-state index is 11.1. The molecule has 0 amide bonds. The van der Waals surface area contributed by atoms with Gasteiger partial charge in [0, 0.05) is 19.2 Å². The van der Waals surface area contributed by atoms with Crippen molar-refractivity contribution in [2.24, 2.45) is 5.41 Å². The van der Waals surface area contributed by atoms with Gasteiger partial charge in [-0.3, -0.25) is 10.1 Å². The molecule has 0 atom stereocenters. The molecule has 1 aliphatic heterocycles. The van der Waals surface area contributed by atoms with E-state index in [1.165, 1.54) is 37.8 Å². The highest BCUT2D eigenvalue weighted by Crippen LogP contribution is 2.47. The minimum atomic E-state index is -0.376. The number of nitrogens with zero attached hydrogens (tertiary/aromatic N) is 3. The second kappa shape index (κ2) is 5.20. The average molecular weight is 296 g/mol. The smallest absolute Gasteiger partial charge is 0.311 e. The summed E-state index contributed by atoms with van der Waals surface area (Å²) in [5, 5.41) is 11.4. The Morgan fingerprint density at radius 3 is 2.45 bits per heavy atom. The number of hydrogen-bond acceptors (Lipinski definition) is 4. The van der Waals surface area contributed by atoms with Crippen molar-refractivity contribution in [3.63, 3.8) is 0 Å². The molecule has 0 radical (unpaired) electrons. The first-order chi connectivity index (χ1) is 9.60. The molecule has 20 heavy (non-hydrogen) atoms. The molecule has 1 aromatic rings. The van der Waals surface area contributed by atoms with Gasteiger partial charge in [0.25, 0.3) is 0 Å². The van der Waals surface area contributed by atoms with Crippen LogP contribution in [0.1, 0.15) is 38.5 Å². The molecular weight excluding hydrogens is 278 g/mol. The van der Waals surface area contributed by atoms with E-state index in [1.807, 2.05) is 4.90 Å². The van der Waals surface area contributed by atoms with E-state index in [9.17, 15) is 10.1 Å². The van der Waals surface area contributed by atoms with Crippen molar-refractivity contribution in [3.8, 4) is 0 Å². The summed E-state index contributed by atoms with van der Waals surface area (Å²) in [6.07, 6.45) is 7.50. The monoisotopic (exact) mass is 295 g/mol. The van der Waals surface area contributed by atoms with E-state index in [0.29, 0.717) is 16.4 Å². The molecular formula is C14H18ClN3O2. The number of nitro groups is 1. The second-order valence-corrected chi connectivity index (χ2v) is 6.32. The Balaban J connectivity index is 1.80. The summed E-state index contributed by atoms with van der Waals surface area (Å²) < 4.78 is 0. The van der Waals surface area contributed by atoms with Gasteiger partial charge in [0.05, 0.1) is 4.92 Å². The summed E-state index contributed by atoms with van der Waals surface area (Å²) in [5.41, 5.74) is 0.543. The molecule has 1 saturated heterocycles. The lowest BCUT2D eigenvalue weighted by molar-refractivity contribution is -0.384. The first kappa shape index (κ1) is 13.6. The van der Waals surface area contributed by atoms with Gasteiger partial charge in [0.15, 0.2) is 0 Å². The molecule has 2 aliphatic rings. The molecule has 0 unspecified atom stereocenters. The highest BCUT2D eigenvalue weighted by Gasteiger charge is 2.38. The average Bonchev–Trinajstić information content (AvgIpc) is 2.87. The number of hydrogen-bond donors (Lipinski definition) is 0. The number of pyridine rings is 1. The first-order valence-electron chi connectivity index (χ1n) is 7.16. The van der Waals surface area contributed by atoms with E-state index in [0.717, 1.165) is 25.9 Å². The number of anilines is 1. The lowest BCUT2D eigenvalue weighted by Gasteiger charge is -2.39. The van der Waals surface area contributed by atoms with Gasteiger partial charge in [-0.25, -0.2) is 4.98 Å². The minimum absolute atomic E-state index is 0.0526. The molecule has 2 fully saturated rings. The fourth-order valence-corrected chi connectivity index (χ4v) is 3.75. The summed E-state index contributed by atoms with van der Waals surface area (Å²) in [4.78, 5) is 16.9. The molecule has 1 aliphatic carbocycles. The van der Waals surface area contributed by atoms with Crippen molar-refractivity contribution in [2.75, 3.05) is 18.0 Å². The molecule has 108 valence electrons. The standard InChI is InChI=1S/C14H18ClN3O2/c15-12-4-3-11(18(19)20)13(16-12)17-9-7-14(8-10-17)5-1-2-6-14/h3-4H,1-2,5-10H2. The minimum Gasteiger partial charge on any atom is -0.351 e. The predicted molar refractivity (Wildman–Crippen MR) is 78.2 cm³/mol. The molecule has 1 aromatic heterocycles. The van der Waals surface area contributed by atoms with E-state index < -0.39 is 0 Å². The van der Waals surface area contributed by atoms with Crippen LogP contribution < -0.4 is 4.90 Å². The van der Waals surface area contributed by atoms with Crippen LogP contribution in [0.15, 0.2) is 12.1 Å². The molecule has 0 N–H and O–H groups in total. The van der Waals surface area contributed by atoms with Gasteiger partial charge in [0.2, 0.25) is 5.82 Å². The highest BCUT2D eigenvalue weighted by molar-refractivity contribution is 6.29. The number of rotatable bonds is 2. The largest absolute Gasteiger partial charge is 0.351 e. The van der Waals surface area contributed by atoms with Crippen LogP contribution in [0.2, 0.25) is 5.15 Å². The van der Waals surface area contributed by atoms with E-state index in [4.69, 9.17) is 11.6 Å². The van der Waals surface area contributed by atoms with E-state index >= 15 is 0 Å². The fourth-order valence-electron chi connectivity index (χ4n) is 3.61. The lowest BCUT2D eigenvalue weighted by atomic mass is 9.77. The van der Waals surface area contributed by atoms with Gasteiger partial charge in [-0.15, -0.1) is 0 Å². The topological polar surface area (TPSA) is 59.3 Å². The first-order valence-corrected chi connectivity index (χ1v) is 7.53. The lowest BCUT2D eigenvalue weighted by Crippen LogP contribution is -2.39. The van der Waals surface area contributed by atoms with Crippen LogP contribution in [0, 0.1) is 15.5 Å². The van der Waals surface area contributed by atoms with Crippen molar-refractivity contribution in [2.45, 2.75) is 38.5 Å². The third-order valence-corrected chi connectivity index (χ3v) is 5.02. The summed E-state index contributed by atoms with van der Waals surface area (Å²) >= 11 is 5.90. The molecule has 5 nitrogen and oxygen atoms in total. The van der Waals surface area contributed by atoms with Crippen molar-refractivity contribution in [1.29, 1.82) is 0 Å². The fraction of sp³-hybridized carbons (Fsp3) is 0.643. The molecule has 1 saturated carbocycles. The van der Waals surface area contributed by atoms with Crippen LogP contribution in [0.5, 0.6) is 0 Å². The van der Waals surface area contributed by atoms with Gasteiger partial charge in [-0.05, 0) is 37.2 Å². The molecule has 2 heterocycles. The van der Waals surface area contributed by atoms with E-state index in [1.54, 1.807) is 0 Å². The van der Waals surface area contributed by atoms with Crippen molar-refractivity contribution in [1.82, 2.24) is 4.98 Å². The molecule has 1 spiro atoms. The Labute approximate surface area is 123 Å². The molecule has 0 aromatic carbocycles. The summed E-state index contributed by atoms with van der Waals surface area (Å²) in [7, 11) is 0. The highest BCUT2D eigenvalue weighted by atomic mass is 35.5. The Morgan fingerprint density at radius 2 is 1.85 bits per heavy atom. The second-order valence-electron chi connectivity index (χ2n) is 5.93. The number of piperidine rings is 1. The van der Waals surface area contributed by atoms with Crippen LogP contribution >= 0.6 is 11.6 Å². The number of halogens is 1. The third kappa shape index (κ3) is 2.46. The number of aromatic nitrogens is 1. The molecule has 0 bridgehead atoms. The van der Waals surface area contributed by atoms with Crippen molar-refractivity contribution in [3.05, 3.63) is 27.4 Å².